The molecule has 9 heteroatoms. The molecule has 1 unspecified atom stereocenters. The molecule has 23 heavy (non-hydrogen) atoms. The zero-order chi connectivity index (χ0) is 17.6. The highest BCUT2D eigenvalue weighted by Gasteiger charge is 2.32. The lowest BCUT2D eigenvalue weighted by Gasteiger charge is -2.24. The number of hydrogen-bond donors (Lipinski definition) is 3. The first-order valence-corrected chi connectivity index (χ1v) is 8.11. The molecule has 0 heterocycles. The Balaban J connectivity index is 2.80. The van der Waals surface area contributed by atoms with Crippen molar-refractivity contribution in [2.75, 3.05) is 16.5 Å². The maximum absolute atomic E-state index is 12.7. The summed E-state index contributed by atoms with van der Waals surface area (Å²) in [5, 5.41) is 10.4. The molecular formula is C14H20F3N3O2S. The highest BCUT2D eigenvalue weighted by atomic mass is 32.2. The van der Waals surface area contributed by atoms with Crippen LogP contribution in [0.3, 0.4) is 0 Å². The normalized spacial score (nSPS) is 14.4. The van der Waals surface area contributed by atoms with Gasteiger partial charge >= 0.3 is 6.18 Å². The highest BCUT2D eigenvalue weighted by Crippen LogP contribution is 2.31. The quantitative estimate of drug-likeness (QED) is 0.301. The van der Waals surface area contributed by atoms with Gasteiger partial charge in [0.05, 0.1) is 11.3 Å². The smallest absolute Gasteiger partial charge is 0.382 e. The Bertz CT molecular complexity index is 528. The average Bonchev–Trinajstić information content (AvgIpc) is 2.52. The summed E-state index contributed by atoms with van der Waals surface area (Å²) in [7, 11) is 0. The number of thioether (sulfide) groups is 1. The lowest BCUT2D eigenvalue weighted by molar-refractivity contribution is -0.137. The van der Waals surface area contributed by atoms with Crippen molar-refractivity contribution in [2.45, 2.75) is 31.7 Å². The van der Waals surface area contributed by atoms with Crippen molar-refractivity contribution in [3.05, 3.63) is 29.8 Å². The molecule has 1 rings (SSSR count). The molecule has 0 aromatic heterocycles. The van der Waals surface area contributed by atoms with Crippen LogP contribution in [-0.4, -0.2) is 34.7 Å². The number of anilines is 1. The van der Waals surface area contributed by atoms with Crippen molar-refractivity contribution in [2.24, 2.45) is 11.6 Å². The number of nitrogens with two attached hydrogens (primary N) is 2. The number of hydrogen-bond acceptors (Lipinski definition) is 5. The largest absolute Gasteiger partial charge is 0.416 e. The molecule has 0 spiro atoms. The van der Waals surface area contributed by atoms with Gasteiger partial charge in [-0.25, -0.2) is 10.9 Å². The van der Waals surface area contributed by atoms with E-state index >= 15 is 0 Å². The van der Waals surface area contributed by atoms with E-state index in [9.17, 15) is 23.1 Å². The second-order valence-corrected chi connectivity index (χ2v) is 6.24. The number of hydrazine groups is 1. The third-order valence-corrected chi connectivity index (χ3v) is 4.08. The predicted molar refractivity (Wildman–Crippen MR) is 84.7 cm³/mol. The number of carbonyl (C=O) groups excluding carboxylic acids is 1. The summed E-state index contributed by atoms with van der Waals surface area (Å²) in [5.74, 6) is 6.14. The van der Waals surface area contributed by atoms with Gasteiger partial charge in [-0.2, -0.15) is 24.9 Å². The Morgan fingerprint density at radius 2 is 2.09 bits per heavy atom. The third kappa shape index (κ3) is 5.69. The number of halogens is 3. The van der Waals surface area contributed by atoms with Gasteiger partial charge in [0.1, 0.15) is 6.10 Å². The van der Waals surface area contributed by atoms with Gasteiger partial charge in [0.2, 0.25) is 0 Å². The van der Waals surface area contributed by atoms with E-state index in [1.165, 1.54) is 6.07 Å². The first-order chi connectivity index (χ1) is 10.7. The minimum absolute atomic E-state index is 0.168. The topological polar surface area (TPSA) is 92.6 Å². The van der Waals surface area contributed by atoms with Gasteiger partial charge in [0.25, 0.3) is 5.91 Å². The maximum Gasteiger partial charge on any atom is 0.416 e. The van der Waals surface area contributed by atoms with Gasteiger partial charge in [-0.15, -0.1) is 0 Å². The monoisotopic (exact) mass is 351 g/mol. The molecule has 1 aromatic rings. The van der Waals surface area contributed by atoms with Gasteiger partial charge in [-0.1, -0.05) is 13.0 Å². The fourth-order valence-corrected chi connectivity index (χ4v) is 2.53. The van der Waals surface area contributed by atoms with Crippen molar-refractivity contribution in [3.63, 3.8) is 0 Å². The van der Waals surface area contributed by atoms with Crippen LogP contribution in [0.15, 0.2) is 24.3 Å². The summed E-state index contributed by atoms with van der Waals surface area (Å²) < 4.78 is 38.0. The van der Waals surface area contributed by atoms with Crippen molar-refractivity contribution in [3.8, 4) is 0 Å². The SMILES string of the molecule is CCSCC[C@@H](N)C(O)C(=O)N(N)c1cccc(C(F)(F)F)c1. The number of benzene rings is 1. The summed E-state index contributed by atoms with van der Waals surface area (Å²) in [4.78, 5) is 12.1. The second kappa shape index (κ2) is 8.53. The predicted octanol–water partition coefficient (Wildman–Crippen LogP) is 1.74. The minimum Gasteiger partial charge on any atom is -0.382 e. The Labute approximate surface area is 136 Å². The Kier molecular flexibility index (Phi) is 7.33. The van der Waals surface area contributed by atoms with Crippen molar-refractivity contribution >= 4 is 23.4 Å². The lowest BCUT2D eigenvalue weighted by Crippen LogP contribution is -2.51. The molecule has 0 fully saturated rings. The van der Waals surface area contributed by atoms with E-state index < -0.39 is 29.8 Å². The fourth-order valence-electron chi connectivity index (χ4n) is 1.81. The minimum atomic E-state index is -4.55. The standard InChI is InChI=1S/C14H20F3N3O2S/c1-2-23-7-6-11(18)12(21)13(22)20(19)10-5-3-4-9(8-10)14(15,16)17/h3-5,8,11-12,21H,2,6-7,18-19H2,1H3/t11-,12?/m1/s1. The van der Waals surface area contributed by atoms with Crippen LogP contribution in [0.5, 0.6) is 0 Å². The zero-order valence-corrected chi connectivity index (χ0v) is 13.4. The van der Waals surface area contributed by atoms with Crippen LogP contribution in [0.4, 0.5) is 18.9 Å². The molecule has 0 saturated carbocycles. The summed E-state index contributed by atoms with van der Waals surface area (Å²) in [5.41, 5.74) is 4.63. The van der Waals surface area contributed by atoms with Crippen LogP contribution in [0, 0.1) is 0 Å². The lowest BCUT2D eigenvalue weighted by atomic mass is 10.1. The molecule has 130 valence electrons. The number of amides is 1. The van der Waals surface area contributed by atoms with Crippen molar-refractivity contribution in [1.82, 2.24) is 0 Å². The molecule has 0 radical (unpaired) electrons. The highest BCUT2D eigenvalue weighted by molar-refractivity contribution is 7.99. The first kappa shape index (κ1) is 19.8. The molecule has 2 atom stereocenters. The summed E-state index contributed by atoms with van der Waals surface area (Å²) in [6.07, 6.45) is -5.74. The van der Waals surface area contributed by atoms with Crippen molar-refractivity contribution in [1.29, 1.82) is 0 Å². The van der Waals surface area contributed by atoms with E-state index in [2.05, 4.69) is 0 Å². The summed E-state index contributed by atoms with van der Waals surface area (Å²) in [6, 6.07) is 3.15. The number of aliphatic hydroxyl groups excluding tert-OH is 1. The Morgan fingerprint density at radius 3 is 2.65 bits per heavy atom. The Hall–Kier alpha value is -1.29. The number of nitrogens with zero attached hydrogens (tertiary/aromatic N) is 1. The fraction of sp³-hybridized carbons (Fsp3) is 0.500. The molecule has 0 bridgehead atoms. The van der Waals surface area contributed by atoms with Crippen LogP contribution in [0.1, 0.15) is 18.9 Å². The van der Waals surface area contributed by atoms with Gasteiger partial charge < -0.3 is 10.8 Å². The first-order valence-electron chi connectivity index (χ1n) is 6.95. The number of alkyl halides is 3. The van der Waals surface area contributed by atoms with E-state index in [4.69, 9.17) is 11.6 Å². The molecule has 0 aliphatic heterocycles. The Morgan fingerprint density at radius 1 is 1.43 bits per heavy atom. The second-order valence-electron chi connectivity index (χ2n) is 4.85. The van der Waals surface area contributed by atoms with E-state index in [1.807, 2.05) is 6.92 Å². The number of aliphatic hydroxyl groups is 1. The summed E-state index contributed by atoms with van der Waals surface area (Å²) in [6.45, 7) is 1.97. The molecule has 0 saturated heterocycles. The molecule has 0 aliphatic carbocycles. The molecule has 0 aliphatic rings. The third-order valence-electron chi connectivity index (χ3n) is 3.15. The maximum atomic E-state index is 12.7. The zero-order valence-electron chi connectivity index (χ0n) is 12.6. The van der Waals surface area contributed by atoms with Crippen molar-refractivity contribution < 1.29 is 23.1 Å². The van der Waals surface area contributed by atoms with Crippen LogP contribution in [-0.2, 0) is 11.0 Å². The summed E-state index contributed by atoms with van der Waals surface area (Å²) >= 11 is 1.60. The molecule has 5 nitrogen and oxygen atoms in total. The number of carbonyl (C=O) groups is 1. The van der Waals surface area contributed by atoms with Crippen LogP contribution in [0.2, 0.25) is 0 Å². The average molecular weight is 351 g/mol. The molecular weight excluding hydrogens is 331 g/mol. The van der Waals surface area contributed by atoms with E-state index in [0.29, 0.717) is 17.2 Å². The number of rotatable bonds is 7. The van der Waals surface area contributed by atoms with Crippen LogP contribution >= 0.6 is 11.8 Å². The van der Waals surface area contributed by atoms with Gasteiger partial charge in [0.15, 0.2) is 0 Å². The van der Waals surface area contributed by atoms with E-state index in [-0.39, 0.29) is 5.69 Å². The van der Waals surface area contributed by atoms with Gasteiger partial charge in [0, 0.05) is 6.04 Å². The van der Waals surface area contributed by atoms with Crippen LogP contribution in [0.25, 0.3) is 0 Å². The molecule has 1 aromatic carbocycles. The molecule has 1 amide bonds. The van der Waals surface area contributed by atoms with Gasteiger partial charge in [-0.05, 0) is 36.1 Å². The molecule has 5 N–H and O–H groups in total. The van der Waals surface area contributed by atoms with E-state index in [0.717, 1.165) is 24.0 Å². The van der Waals surface area contributed by atoms with E-state index in [1.54, 1.807) is 11.8 Å². The van der Waals surface area contributed by atoms with Gasteiger partial charge in [-0.3, -0.25) is 4.79 Å². The van der Waals surface area contributed by atoms with Crippen LogP contribution < -0.4 is 16.6 Å².